The van der Waals surface area contributed by atoms with E-state index in [0.717, 1.165) is 0 Å². The van der Waals surface area contributed by atoms with Gasteiger partial charge in [0.2, 0.25) is 0 Å². The van der Waals surface area contributed by atoms with Crippen molar-refractivity contribution in [2.45, 2.75) is 32.1 Å². The summed E-state index contributed by atoms with van der Waals surface area (Å²) in [5.74, 6) is -1.17. The summed E-state index contributed by atoms with van der Waals surface area (Å²) < 4.78 is 5.39. The van der Waals surface area contributed by atoms with Gasteiger partial charge in [-0.1, -0.05) is 0 Å². The normalized spacial score (nSPS) is 31.4. The summed E-state index contributed by atoms with van der Waals surface area (Å²) in [6, 6.07) is 0.151. The topological polar surface area (TPSA) is 70.0 Å². The van der Waals surface area contributed by atoms with Crippen LogP contribution in [0, 0.1) is 0 Å². The van der Waals surface area contributed by atoms with Gasteiger partial charge in [-0.25, -0.2) is 4.79 Å². The third-order valence-corrected chi connectivity index (χ3v) is 2.71. The van der Waals surface area contributed by atoms with Gasteiger partial charge >= 0.3 is 5.97 Å². The highest BCUT2D eigenvalue weighted by atomic mass is 16.5. The predicted octanol–water partition coefficient (Wildman–Crippen LogP) is -0.459. The van der Waals surface area contributed by atoms with Gasteiger partial charge < -0.3 is 14.9 Å². The number of ether oxygens (including phenoxy) is 1. The number of morpholine rings is 1. The first-order valence-electron chi connectivity index (χ1n) is 4.79. The van der Waals surface area contributed by atoms with E-state index < -0.39 is 12.1 Å². The fourth-order valence-electron chi connectivity index (χ4n) is 1.55. The Kier molecular flexibility index (Phi) is 3.86. The summed E-state index contributed by atoms with van der Waals surface area (Å²) in [5, 5.41) is 17.8. The first-order chi connectivity index (χ1) is 6.52. The number of carbonyl (C=O) groups is 1. The molecule has 1 rings (SSSR count). The number of aliphatic hydroxyl groups is 1. The second-order valence-corrected chi connectivity index (χ2v) is 3.67. The molecule has 0 radical (unpaired) electrons. The van der Waals surface area contributed by atoms with Crippen molar-refractivity contribution >= 4 is 5.97 Å². The van der Waals surface area contributed by atoms with Crippen LogP contribution in [0.15, 0.2) is 0 Å². The highest BCUT2D eigenvalue weighted by Gasteiger charge is 2.28. The average molecular weight is 203 g/mol. The fraction of sp³-hybridized carbons (Fsp3) is 0.889. The van der Waals surface area contributed by atoms with Crippen LogP contribution in [0.2, 0.25) is 0 Å². The average Bonchev–Trinajstić information content (AvgIpc) is 2.12. The molecule has 2 N–H and O–H groups in total. The van der Waals surface area contributed by atoms with E-state index in [0.29, 0.717) is 13.2 Å². The Balaban J connectivity index is 2.46. The standard InChI is InChI=1S/C9H17NO4/c1-6-7(2)14-4-3-10(6)5-8(11)9(12)13/h6-8,11H,3-5H2,1-2H3,(H,12,13). The van der Waals surface area contributed by atoms with E-state index in [1.165, 1.54) is 0 Å². The molecule has 0 aromatic heterocycles. The van der Waals surface area contributed by atoms with Crippen molar-refractivity contribution in [3.63, 3.8) is 0 Å². The Morgan fingerprint density at radius 1 is 1.64 bits per heavy atom. The van der Waals surface area contributed by atoms with E-state index in [1.54, 1.807) is 0 Å². The molecule has 1 heterocycles. The molecule has 0 spiro atoms. The van der Waals surface area contributed by atoms with Crippen LogP contribution in [0.25, 0.3) is 0 Å². The molecule has 3 unspecified atom stereocenters. The Hall–Kier alpha value is -0.650. The maximum atomic E-state index is 10.5. The van der Waals surface area contributed by atoms with Crippen LogP contribution in [0.3, 0.4) is 0 Å². The predicted molar refractivity (Wildman–Crippen MR) is 50.1 cm³/mol. The number of aliphatic carboxylic acids is 1. The van der Waals surface area contributed by atoms with Crippen molar-refractivity contribution in [2.24, 2.45) is 0 Å². The zero-order valence-corrected chi connectivity index (χ0v) is 8.51. The van der Waals surface area contributed by atoms with E-state index in [9.17, 15) is 9.90 Å². The minimum atomic E-state index is -1.30. The van der Waals surface area contributed by atoms with Gasteiger partial charge in [-0.2, -0.15) is 0 Å². The van der Waals surface area contributed by atoms with Gasteiger partial charge in [0.15, 0.2) is 6.10 Å². The van der Waals surface area contributed by atoms with Crippen molar-refractivity contribution in [1.82, 2.24) is 4.90 Å². The van der Waals surface area contributed by atoms with Crippen LogP contribution >= 0.6 is 0 Å². The van der Waals surface area contributed by atoms with Gasteiger partial charge in [-0.3, -0.25) is 4.90 Å². The first kappa shape index (κ1) is 11.4. The molecule has 1 fully saturated rings. The van der Waals surface area contributed by atoms with Crippen molar-refractivity contribution < 1.29 is 19.7 Å². The summed E-state index contributed by atoms with van der Waals surface area (Å²) in [6.07, 6.45) is -1.22. The third-order valence-electron chi connectivity index (χ3n) is 2.71. The first-order valence-corrected chi connectivity index (χ1v) is 4.79. The van der Waals surface area contributed by atoms with Crippen LogP contribution in [0.4, 0.5) is 0 Å². The number of rotatable bonds is 3. The van der Waals surface area contributed by atoms with Crippen molar-refractivity contribution in [1.29, 1.82) is 0 Å². The lowest BCUT2D eigenvalue weighted by Crippen LogP contribution is -2.51. The quantitative estimate of drug-likeness (QED) is 0.649. The van der Waals surface area contributed by atoms with Crippen molar-refractivity contribution in [3.05, 3.63) is 0 Å². The maximum absolute atomic E-state index is 10.5. The minimum Gasteiger partial charge on any atom is -0.479 e. The van der Waals surface area contributed by atoms with E-state index in [4.69, 9.17) is 9.84 Å². The molecule has 5 nitrogen and oxygen atoms in total. The van der Waals surface area contributed by atoms with Crippen molar-refractivity contribution in [2.75, 3.05) is 19.7 Å². The van der Waals surface area contributed by atoms with Gasteiger partial charge in [-0.05, 0) is 13.8 Å². The van der Waals surface area contributed by atoms with Gasteiger partial charge in [0.25, 0.3) is 0 Å². The molecule has 0 aromatic carbocycles. The van der Waals surface area contributed by atoms with Gasteiger partial charge in [0.1, 0.15) is 0 Å². The number of carboxylic acid groups (broad SMARTS) is 1. The Labute approximate surface area is 83.3 Å². The summed E-state index contributed by atoms with van der Waals surface area (Å²) in [4.78, 5) is 12.4. The molecule has 1 aliphatic heterocycles. The maximum Gasteiger partial charge on any atom is 0.333 e. The molecule has 5 heteroatoms. The molecular formula is C9H17NO4. The van der Waals surface area contributed by atoms with Gasteiger partial charge in [0, 0.05) is 19.1 Å². The molecule has 0 aliphatic carbocycles. The zero-order valence-electron chi connectivity index (χ0n) is 8.51. The van der Waals surface area contributed by atoms with E-state index in [-0.39, 0.29) is 18.7 Å². The SMILES string of the molecule is CC1OCCN(CC(O)C(=O)O)C1C. The van der Waals surface area contributed by atoms with Crippen molar-refractivity contribution in [3.8, 4) is 0 Å². The lowest BCUT2D eigenvalue weighted by atomic mass is 10.1. The van der Waals surface area contributed by atoms with Crippen LogP contribution in [0.1, 0.15) is 13.8 Å². The summed E-state index contributed by atoms with van der Waals surface area (Å²) >= 11 is 0. The van der Waals surface area contributed by atoms with Crippen LogP contribution in [0.5, 0.6) is 0 Å². The van der Waals surface area contributed by atoms with Gasteiger partial charge in [-0.15, -0.1) is 0 Å². The Morgan fingerprint density at radius 3 is 2.86 bits per heavy atom. The summed E-state index contributed by atoms with van der Waals surface area (Å²) in [5.41, 5.74) is 0. The molecule has 14 heavy (non-hydrogen) atoms. The lowest BCUT2D eigenvalue weighted by Gasteiger charge is -2.38. The molecule has 0 aromatic rings. The number of carboxylic acids is 1. The highest BCUT2D eigenvalue weighted by Crippen LogP contribution is 2.13. The highest BCUT2D eigenvalue weighted by molar-refractivity contribution is 5.72. The Bertz CT molecular complexity index is 209. The fourth-order valence-corrected chi connectivity index (χ4v) is 1.55. The van der Waals surface area contributed by atoms with Crippen LogP contribution in [-0.2, 0) is 9.53 Å². The largest absolute Gasteiger partial charge is 0.479 e. The monoisotopic (exact) mass is 203 g/mol. The molecule has 0 amide bonds. The smallest absolute Gasteiger partial charge is 0.333 e. The molecule has 1 saturated heterocycles. The van der Waals surface area contributed by atoms with Crippen LogP contribution < -0.4 is 0 Å². The van der Waals surface area contributed by atoms with E-state index in [2.05, 4.69) is 0 Å². The molecular weight excluding hydrogens is 186 g/mol. The molecule has 3 atom stereocenters. The second kappa shape index (κ2) is 4.72. The number of β-amino-alcohol motifs (C(OH)–C–C–N with tert-alkyl or cyclic N) is 1. The number of aliphatic hydroxyl groups excluding tert-OH is 1. The molecule has 0 saturated carbocycles. The summed E-state index contributed by atoms with van der Waals surface area (Å²) in [7, 11) is 0. The summed E-state index contributed by atoms with van der Waals surface area (Å²) in [6.45, 7) is 5.36. The third kappa shape index (κ3) is 2.67. The van der Waals surface area contributed by atoms with E-state index in [1.807, 2.05) is 18.7 Å². The molecule has 1 aliphatic rings. The number of hydrogen-bond acceptors (Lipinski definition) is 4. The number of hydrogen-bond donors (Lipinski definition) is 2. The van der Waals surface area contributed by atoms with E-state index >= 15 is 0 Å². The molecule has 0 bridgehead atoms. The zero-order chi connectivity index (χ0) is 10.7. The lowest BCUT2D eigenvalue weighted by molar-refractivity contribution is -0.149. The Morgan fingerprint density at radius 2 is 2.29 bits per heavy atom. The second-order valence-electron chi connectivity index (χ2n) is 3.67. The number of nitrogens with zero attached hydrogens (tertiary/aromatic N) is 1. The van der Waals surface area contributed by atoms with Crippen LogP contribution in [-0.4, -0.2) is 59.0 Å². The van der Waals surface area contributed by atoms with Gasteiger partial charge in [0.05, 0.1) is 12.7 Å². The molecule has 82 valence electrons. The minimum absolute atomic E-state index is 0.0877.